The highest BCUT2D eigenvalue weighted by Gasteiger charge is 2.40. The van der Waals surface area contributed by atoms with Gasteiger partial charge in [0.15, 0.2) is 6.23 Å². The molecule has 122 valence electrons. The molecule has 2 aromatic rings. The molecule has 2 unspecified atom stereocenters. The molecule has 2 aromatic carbocycles. The Morgan fingerprint density at radius 2 is 1.83 bits per heavy atom. The summed E-state index contributed by atoms with van der Waals surface area (Å²) >= 11 is 12.2. The summed E-state index contributed by atoms with van der Waals surface area (Å²) < 4.78 is 31.6. The fraction of sp³-hybridized carbons (Fsp3) is 0.250. The maximum absolute atomic E-state index is 12.1. The lowest BCUT2D eigenvalue weighted by Gasteiger charge is -2.21. The van der Waals surface area contributed by atoms with E-state index < -0.39 is 16.3 Å². The summed E-state index contributed by atoms with van der Waals surface area (Å²) in [6.45, 7) is 0.243. The fourth-order valence-electron chi connectivity index (χ4n) is 2.62. The monoisotopic (exact) mass is 371 g/mol. The van der Waals surface area contributed by atoms with Crippen molar-refractivity contribution in [2.75, 3.05) is 12.8 Å². The molecule has 0 amide bonds. The van der Waals surface area contributed by atoms with Crippen LogP contribution in [0.1, 0.15) is 23.5 Å². The molecule has 7 heteroatoms. The van der Waals surface area contributed by atoms with E-state index in [4.69, 9.17) is 27.9 Å². The highest BCUT2D eigenvalue weighted by atomic mass is 35.5. The highest BCUT2D eigenvalue weighted by Crippen LogP contribution is 2.41. The van der Waals surface area contributed by atoms with Crippen molar-refractivity contribution in [3.8, 4) is 0 Å². The first-order valence-corrected chi connectivity index (χ1v) is 9.59. The number of hydrogen-bond donors (Lipinski definition) is 0. The normalized spacial score (nSPS) is 22.4. The van der Waals surface area contributed by atoms with Gasteiger partial charge in [0.1, 0.15) is 0 Å². The fourth-order valence-corrected chi connectivity index (χ4v) is 4.04. The van der Waals surface area contributed by atoms with Crippen LogP contribution < -0.4 is 0 Å². The van der Waals surface area contributed by atoms with Crippen LogP contribution in [0, 0.1) is 0 Å². The van der Waals surface area contributed by atoms with Crippen LogP contribution in [0.2, 0.25) is 10.0 Å². The summed E-state index contributed by atoms with van der Waals surface area (Å²) in [5, 5.41) is 0.868. The van der Waals surface area contributed by atoms with E-state index in [1.54, 1.807) is 18.2 Å². The summed E-state index contributed by atoms with van der Waals surface area (Å²) in [5.74, 6) is 0. The van der Waals surface area contributed by atoms with Gasteiger partial charge in [-0.25, -0.2) is 8.42 Å². The Kier molecular flexibility index (Phi) is 4.67. The smallest absolute Gasteiger partial charge is 0.213 e. The number of nitrogens with zero attached hydrogens (tertiary/aromatic N) is 1. The van der Waals surface area contributed by atoms with Gasteiger partial charge >= 0.3 is 0 Å². The highest BCUT2D eigenvalue weighted by molar-refractivity contribution is 7.88. The topological polar surface area (TPSA) is 46.6 Å². The van der Waals surface area contributed by atoms with Gasteiger partial charge < -0.3 is 4.74 Å². The molecule has 0 aromatic heterocycles. The Balaban J connectivity index is 2.00. The van der Waals surface area contributed by atoms with Crippen molar-refractivity contribution < 1.29 is 13.2 Å². The van der Waals surface area contributed by atoms with Crippen LogP contribution in [0.5, 0.6) is 0 Å². The van der Waals surface area contributed by atoms with Crippen molar-refractivity contribution in [2.45, 2.75) is 12.3 Å². The maximum atomic E-state index is 12.1. The predicted molar refractivity (Wildman–Crippen MR) is 91.0 cm³/mol. The molecule has 0 N–H and O–H groups in total. The first kappa shape index (κ1) is 16.7. The van der Waals surface area contributed by atoms with Gasteiger partial charge in [0.05, 0.1) is 12.4 Å². The third-order valence-electron chi connectivity index (χ3n) is 3.73. The number of rotatable bonds is 3. The lowest BCUT2D eigenvalue weighted by molar-refractivity contribution is 0.0204. The van der Waals surface area contributed by atoms with Gasteiger partial charge in [-0.1, -0.05) is 59.6 Å². The molecule has 1 heterocycles. The van der Waals surface area contributed by atoms with Crippen molar-refractivity contribution >= 4 is 33.2 Å². The standard InChI is InChI=1S/C16H15Cl2NO3S/c1-23(20,21)19-10-15(11-5-3-2-4-6-11)22-16(19)13-8-7-12(17)9-14(13)18/h2-9,15-16H,10H2,1H3. The van der Waals surface area contributed by atoms with E-state index in [-0.39, 0.29) is 12.6 Å². The zero-order valence-electron chi connectivity index (χ0n) is 12.3. The molecule has 0 spiro atoms. The number of halogens is 2. The van der Waals surface area contributed by atoms with Crippen LogP contribution in [0.3, 0.4) is 0 Å². The first-order chi connectivity index (χ1) is 10.9. The summed E-state index contributed by atoms with van der Waals surface area (Å²) in [4.78, 5) is 0. The molecule has 23 heavy (non-hydrogen) atoms. The van der Waals surface area contributed by atoms with Gasteiger partial charge in [-0.15, -0.1) is 0 Å². The molecule has 1 fully saturated rings. The average Bonchev–Trinajstić information content (AvgIpc) is 2.93. The van der Waals surface area contributed by atoms with Gasteiger partial charge in [-0.05, 0) is 17.7 Å². The Labute approximate surface area is 145 Å². The van der Waals surface area contributed by atoms with Gasteiger partial charge in [-0.2, -0.15) is 4.31 Å². The summed E-state index contributed by atoms with van der Waals surface area (Å²) in [6.07, 6.45) is 0.0586. The minimum atomic E-state index is -3.45. The van der Waals surface area contributed by atoms with Crippen LogP contribution in [0.25, 0.3) is 0 Å². The Morgan fingerprint density at radius 3 is 2.43 bits per heavy atom. The molecule has 0 saturated carbocycles. The molecule has 0 aliphatic carbocycles. The number of benzene rings is 2. The van der Waals surface area contributed by atoms with Crippen molar-refractivity contribution in [1.82, 2.24) is 4.31 Å². The van der Waals surface area contributed by atoms with Gasteiger partial charge in [0.2, 0.25) is 10.0 Å². The summed E-state index contributed by atoms with van der Waals surface area (Å²) in [5.41, 5.74) is 1.51. The number of sulfonamides is 1. The number of ether oxygens (including phenoxy) is 1. The lowest BCUT2D eigenvalue weighted by Crippen LogP contribution is -2.30. The molecule has 1 aliphatic rings. The first-order valence-electron chi connectivity index (χ1n) is 6.98. The van der Waals surface area contributed by atoms with Gasteiger partial charge in [0.25, 0.3) is 0 Å². The maximum Gasteiger partial charge on any atom is 0.213 e. The van der Waals surface area contributed by atoms with E-state index in [1.807, 2.05) is 30.3 Å². The van der Waals surface area contributed by atoms with Gasteiger partial charge in [-0.3, -0.25) is 0 Å². The Hall–Kier alpha value is -1.11. The molecule has 4 nitrogen and oxygen atoms in total. The SMILES string of the molecule is CS(=O)(=O)N1CC(c2ccccc2)OC1c1ccc(Cl)cc1Cl. The predicted octanol–water partition coefficient (Wildman–Crippen LogP) is 4.03. The van der Waals surface area contributed by atoms with Crippen LogP contribution in [-0.2, 0) is 14.8 Å². The molecule has 2 atom stereocenters. The van der Waals surface area contributed by atoms with Crippen LogP contribution in [0.15, 0.2) is 48.5 Å². The van der Waals surface area contributed by atoms with E-state index in [0.717, 1.165) is 5.56 Å². The third kappa shape index (κ3) is 3.54. The average molecular weight is 372 g/mol. The van der Waals surface area contributed by atoms with Crippen molar-refractivity contribution in [3.05, 3.63) is 69.7 Å². The summed E-state index contributed by atoms with van der Waals surface area (Å²) in [7, 11) is -3.45. The second-order valence-corrected chi connectivity index (χ2v) is 8.16. The largest absolute Gasteiger partial charge is 0.348 e. The van der Waals surface area contributed by atoms with Crippen LogP contribution in [0.4, 0.5) is 0 Å². The van der Waals surface area contributed by atoms with Crippen LogP contribution >= 0.6 is 23.2 Å². The molecular formula is C16H15Cl2NO3S. The lowest BCUT2D eigenvalue weighted by atomic mass is 10.1. The second kappa shape index (κ2) is 6.42. The molecule has 3 rings (SSSR count). The minimum absolute atomic E-state index is 0.243. The van der Waals surface area contributed by atoms with E-state index in [0.29, 0.717) is 15.6 Å². The summed E-state index contributed by atoms with van der Waals surface area (Å²) in [6, 6.07) is 14.5. The van der Waals surface area contributed by atoms with Crippen molar-refractivity contribution in [2.24, 2.45) is 0 Å². The van der Waals surface area contributed by atoms with Crippen LogP contribution in [-0.4, -0.2) is 25.5 Å². The van der Waals surface area contributed by atoms with E-state index in [9.17, 15) is 8.42 Å². The molecule has 0 radical (unpaired) electrons. The zero-order chi connectivity index (χ0) is 16.6. The Bertz CT molecular complexity index is 811. The van der Waals surface area contributed by atoms with Crippen molar-refractivity contribution in [3.63, 3.8) is 0 Å². The third-order valence-corrected chi connectivity index (χ3v) is 5.48. The molecule has 0 bridgehead atoms. The van der Waals surface area contributed by atoms with Crippen molar-refractivity contribution in [1.29, 1.82) is 0 Å². The minimum Gasteiger partial charge on any atom is -0.348 e. The zero-order valence-corrected chi connectivity index (χ0v) is 14.6. The number of hydrogen-bond acceptors (Lipinski definition) is 3. The molecule has 1 aliphatic heterocycles. The quantitative estimate of drug-likeness (QED) is 0.818. The molecular weight excluding hydrogens is 357 g/mol. The van der Waals surface area contributed by atoms with Gasteiger partial charge in [0, 0.05) is 22.2 Å². The van der Waals surface area contributed by atoms with E-state index in [1.165, 1.54) is 10.6 Å². The second-order valence-electron chi connectivity index (χ2n) is 5.39. The van der Waals surface area contributed by atoms with E-state index in [2.05, 4.69) is 0 Å². The van der Waals surface area contributed by atoms with E-state index >= 15 is 0 Å². The molecule has 1 saturated heterocycles. The Morgan fingerprint density at radius 1 is 1.13 bits per heavy atom.